The van der Waals surface area contributed by atoms with Crippen LogP contribution < -0.4 is 5.32 Å². The van der Waals surface area contributed by atoms with Crippen molar-refractivity contribution in [1.29, 1.82) is 0 Å². The molecule has 1 saturated carbocycles. The third-order valence-corrected chi connectivity index (χ3v) is 5.91. The number of nitrogens with one attached hydrogen (secondary N) is 1. The van der Waals surface area contributed by atoms with Crippen molar-refractivity contribution in [3.8, 4) is 5.69 Å². The summed E-state index contributed by atoms with van der Waals surface area (Å²) in [6.45, 7) is 7.34. The molecule has 2 heterocycles. The Bertz CT molecular complexity index is 950. The number of pyridine rings is 1. The monoisotopic (exact) mass is 396 g/mol. The minimum Gasteiger partial charge on any atom is -0.310 e. The Hall–Kier alpha value is -1.91. The highest BCUT2D eigenvalue weighted by Crippen LogP contribution is 2.32. The van der Waals surface area contributed by atoms with E-state index in [1.165, 1.54) is 32.1 Å². The Morgan fingerprint density at radius 2 is 1.82 bits per heavy atom. The first-order valence-electron chi connectivity index (χ1n) is 10.3. The van der Waals surface area contributed by atoms with Gasteiger partial charge in [-0.15, -0.1) is 0 Å². The van der Waals surface area contributed by atoms with E-state index in [2.05, 4.69) is 32.2 Å². The van der Waals surface area contributed by atoms with Gasteiger partial charge in [0.15, 0.2) is 5.65 Å². The highest BCUT2D eigenvalue weighted by Gasteiger charge is 2.25. The molecule has 0 amide bonds. The van der Waals surface area contributed by atoms with E-state index < -0.39 is 0 Å². The molecule has 1 N–H and O–H groups in total. The smallest absolute Gasteiger partial charge is 0.164 e. The average molecular weight is 397 g/mol. The van der Waals surface area contributed by atoms with Gasteiger partial charge >= 0.3 is 0 Å². The summed E-state index contributed by atoms with van der Waals surface area (Å²) in [6, 6.07) is 12.9. The van der Waals surface area contributed by atoms with E-state index in [9.17, 15) is 0 Å². The summed E-state index contributed by atoms with van der Waals surface area (Å²) in [5.41, 5.74) is 3.84. The summed E-state index contributed by atoms with van der Waals surface area (Å²) in [4.78, 5) is 4.78. The van der Waals surface area contributed by atoms with Gasteiger partial charge in [-0.1, -0.05) is 69.8 Å². The van der Waals surface area contributed by atoms with Crippen molar-refractivity contribution in [2.45, 2.75) is 70.9 Å². The SMILES string of the molecule is CC(C)(C)c1nn(-c2ccccc2)c2nc(Cl)c(CNC3CCCCC3)cc12. The van der Waals surface area contributed by atoms with Crippen LogP contribution in [0.1, 0.15) is 64.1 Å². The molecule has 0 spiro atoms. The molecule has 1 aromatic carbocycles. The van der Waals surface area contributed by atoms with Crippen LogP contribution in [0.5, 0.6) is 0 Å². The number of hydrogen-bond donors (Lipinski definition) is 1. The lowest BCUT2D eigenvalue weighted by Gasteiger charge is -2.23. The first kappa shape index (κ1) is 19.4. The van der Waals surface area contributed by atoms with Gasteiger partial charge in [0, 0.05) is 29.0 Å². The first-order chi connectivity index (χ1) is 13.4. The van der Waals surface area contributed by atoms with E-state index in [1.807, 2.05) is 35.0 Å². The van der Waals surface area contributed by atoms with Crippen LogP contribution in [-0.2, 0) is 12.0 Å². The number of benzene rings is 1. The van der Waals surface area contributed by atoms with Crippen molar-refractivity contribution >= 4 is 22.6 Å². The van der Waals surface area contributed by atoms with Gasteiger partial charge in [0.25, 0.3) is 0 Å². The number of para-hydroxylation sites is 1. The van der Waals surface area contributed by atoms with Gasteiger partial charge in [-0.05, 0) is 31.0 Å². The van der Waals surface area contributed by atoms with Crippen LogP contribution in [0.3, 0.4) is 0 Å². The molecule has 1 aliphatic rings. The number of hydrogen-bond acceptors (Lipinski definition) is 3. The van der Waals surface area contributed by atoms with Crippen molar-refractivity contribution in [3.05, 3.63) is 52.8 Å². The molecule has 2 aromatic heterocycles. The Labute approximate surface area is 172 Å². The lowest BCUT2D eigenvalue weighted by Crippen LogP contribution is -2.30. The van der Waals surface area contributed by atoms with Gasteiger partial charge in [-0.3, -0.25) is 0 Å². The van der Waals surface area contributed by atoms with Crippen LogP contribution in [0, 0.1) is 0 Å². The van der Waals surface area contributed by atoms with Gasteiger partial charge in [0.05, 0.1) is 11.4 Å². The first-order valence-corrected chi connectivity index (χ1v) is 10.7. The van der Waals surface area contributed by atoms with Gasteiger partial charge in [0.2, 0.25) is 0 Å². The molecule has 0 unspecified atom stereocenters. The van der Waals surface area contributed by atoms with Crippen molar-refractivity contribution in [2.75, 3.05) is 0 Å². The fourth-order valence-electron chi connectivity index (χ4n) is 4.05. The lowest BCUT2D eigenvalue weighted by atomic mass is 9.90. The van der Waals surface area contributed by atoms with Crippen LogP contribution in [0.25, 0.3) is 16.7 Å². The average Bonchev–Trinajstić information content (AvgIpc) is 3.06. The Balaban J connectivity index is 1.74. The zero-order chi connectivity index (χ0) is 19.7. The summed E-state index contributed by atoms with van der Waals surface area (Å²) in [7, 11) is 0. The topological polar surface area (TPSA) is 42.7 Å². The van der Waals surface area contributed by atoms with Crippen molar-refractivity contribution in [3.63, 3.8) is 0 Å². The molecule has 148 valence electrons. The standard InChI is InChI=1S/C23H29ClN4/c1-23(2,3)20-19-14-16(15-25-17-10-6-4-7-11-17)21(24)26-22(19)28(27-20)18-12-8-5-9-13-18/h5,8-9,12-14,17,25H,4,6-7,10-11,15H2,1-3H3. The molecule has 0 saturated heterocycles. The predicted molar refractivity (Wildman–Crippen MR) is 116 cm³/mol. The zero-order valence-electron chi connectivity index (χ0n) is 17.0. The number of halogens is 1. The molecule has 28 heavy (non-hydrogen) atoms. The second-order valence-corrected chi connectivity index (χ2v) is 9.23. The normalized spacial score (nSPS) is 16.0. The third kappa shape index (κ3) is 3.94. The molecular formula is C23H29ClN4. The number of aromatic nitrogens is 3. The van der Waals surface area contributed by atoms with E-state index >= 15 is 0 Å². The highest BCUT2D eigenvalue weighted by atomic mass is 35.5. The number of rotatable bonds is 4. The molecule has 1 fully saturated rings. The second-order valence-electron chi connectivity index (χ2n) is 8.87. The van der Waals surface area contributed by atoms with E-state index in [-0.39, 0.29) is 5.41 Å². The molecule has 0 bridgehead atoms. The van der Waals surface area contributed by atoms with Crippen LogP contribution in [-0.4, -0.2) is 20.8 Å². The molecule has 4 nitrogen and oxygen atoms in total. The third-order valence-electron chi connectivity index (χ3n) is 5.58. The fraction of sp³-hybridized carbons (Fsp3) is 0.478. The Kier molecular flexibility index (Phi) is 5.44. The molecule has 0 aliphatic heterocycles. The van der Waals surface area contributed by atoms with E-state index in [1.54, 1.807) is 0 Å². The molecule has 5 heteroatoms. The van der Waals surface area contributed by atoms with E-state index in [0.29, 0.717) is 11.2 Å². The van der Waals surface area contributed by atoms with Gasteiger partial charge in [-0.25, -0.2) is 9.67 Å². The van der Waals surface area contributed by atoms with Crippen LogP contribution in [0.15, 0.2) is 36.4 Å². The largest absolute Gasteiger partial charge is 0.310 e. The van der Waals surface area contributed by atoms with E-state index in [0.717, 1.165) is 34.5 Å². The molecule has 0 radical (unpaired) electrons. The molecular weight excluding hydrogens is 368 g/mol. The van der Waals surface area contributed by atoms with Crippen LogP contribution in [0.2, 0.25) is 5.15 Å². The maximum atomic E-state index is 6.61. The molecule has 3 aromatic rings. The summed E-state index contributed by atoms with van der Waals surface area (Å²) in [6.07, 6.45) is 6.51. The summed E-state index contributed by atoms with van der Waals surface area (Å²) in [5, 5.41) is 10.3. The minimum absolute atomic E-state index is 0.0815. The number of nitrogens with zero attached hydrogens (tertiary/aromatic N) is 3. The van der Waals surface area contributed by atoms with Gasteiger partial charge in [0.1, 0.15) is 5.15 Å². The van der Waals surface area contributed by atoms with Crippen molar-refractivity contribution in [2.24, 2.45) is 0 Å². The zero-order valence-corrected chi connectivity index (χ0v) is 17.8. The maximum Gasteiger partial charge on any atom is 0.164 e. The van der Waals surface area contributed by atoms with Crippen LogP contribution in [0.4, 0.5) is 0 Å². The molecule has 1 aliphatic carbocycles. The molecule has 0 atom stereocenters. The van der Waals surface area contributed by atoms with E-state index in [4.69, 9.17) is 21.7 Å². The minimum atomic E-state index is -0.0815. The summed E-state index contributed by atoms with van der Waals surface area (Å²) >= 11 is 6.61. The van der Waals surface area contributed by atoms with Crippen molar-refractivity contribution in [1.82, 2.24) is 20.1 Å². The Morgan fingerprint density at radius 1 is 1.11 bits per heavy atom. The summed E-state index contributed by atoms with van der Waals surface area (Å²) < 4.78 is 1.92. The Morgan fingerprint density at radius 3 is 2.50 bits per heavy atom. The summed E-state index contributed by atoms with van der Waals surface area (Å²) in [5.74, 6) is 0. The maximum absolute atomic E-state index is 6.61. The van der Waals surface area contributed by atoms with Gasteiger partial charge in [-0.2, -0.15) is 5.10 Å². The highest BCUT2D eigenvalue weighted by molar-refractivity contribution is 6.30. The quantitative estimate of drug-likeness (QED) is 0.567. The fourth-order valence-corrected chi connectivity index (χ4v) is 4.25. The molecule has 4 rings (SSSR count). The number of fused-ring (bicyclic) bond motifs is 1. The second kappa shape index (κ2) is 7.84. The van der Waals surface area contributed by atoms with Crippen molar-refractivity contribution < 1.29 is 0 Å². The van der Waals surface area contributed by atoms with Crippen LogP contribution >= 0.6 is 11.6 Å². The van der Waals surface area contributed by atoms with Gasteiger partial charge < -0.3 is 5.32 Å². The predicted octanol–water partition coefficient (Wildman–Crippen LogP) is 5.79. The lowest BCUT2D eigenvalue weighted by molar-refractivity contribution is 0.372.